The van der Waals surface area contributed by atoms with Gasteiger partial charge in [0, 0.05) is 25.3 Å². The number of nitrogens with one attached hydrogen (secondary N) is 1. The fraction of sp³-hybridized carbons (Fsp3) is 0.600. The highest BCUT2D eigenvalue weighted by Crippen LogP contribution is 2.15. The number of hydrogen-bond acceptors (Lipinski definition) is 2. The van der Waals surface area contributed by atoms with Crippen LogP contribution in [-0.2, 0) is 6.42 Å². The maximum absolute atomic E-state index is 3.38. The van der Waals surface area contributed by atoms with E-state index in [9.17, 15) is 0 Å². The second-order valence-electron chi connectivity index (χ2n) is 4.67. The first-order valence-electron chi connectivity index (χ1n) is 6.68. The average molecular weight is 234 g/mol. The van der Waals surface area contributed by atoms with E-state index in [-0.39, 0.29) is 0 Å². The largest absolute Gasteiger partial charge is 0.373 e. The highest BCUT2D eigenvalue weighted by Gasteiger charge is 2.08. The van der Waals surface area contributed by atoms with E-state index >= 15 is 0 Å². The number of anilines is 1. The van der Waals surface area contributed by atoms with Gasteiger partial charge in [0.15, 0.2) is 0 Å². The van der Waals surface area contributed by atoms with Gasteiger partial charge in [0.2, 0.25) is 0 Å². The van der Waals surface area contributed by atoms with Crippen LogP contribution in [0.25, 0.3) is 0 Å². The van der Waals surface area contributed by atoms with Crippen LogP contribution in [0, 0.1) is 0 Å². The number of hydrogen-bond donors (Lipinski definition) is 1. The van der Waals surface area contributed by atoms with Gasteiger partial charge in [-0.1, -0.05) is 32.4 Å². The summed E-state index contributed by atoms with van der Waals surface area (Å²) in [6, 6.07) is 9.46. The van der Waals surface area contributed by atoms with Crippen molar-refractivity contribution in [2.24, 2.45) is 0 Å². The van der Waals surface area contributed by atoms with Crippen LogP contribution in [-0.4, -0.2) is 26.7 Å². The normalized spacial score (nSPS) is 12.5. The molecule has 0 saturated carbocycles. The Bertz CT molecular complexity index is 305. The first kappa shape index (κ1) is 14.0. The zero-order chi connectivity index (χ0) is 12.7. The summed E-state index contributed by atoms with van der Waals surface area (Å²) in [5, 5.41) is 3.38. The molecule has 1 unspecified atom stereocenters. The SMILES string of the molecule is CCCC(CN(C)c1ccc(CC)cc1)NC. The Morgan fingerprint density at radius 1 is 1.18 bits per heavy atom. The van der Waals surface area contributed by atoms with Crippen LogP contribution in [0.4, 0.5) is 5.69 Å². The molecular formula is C15H26N2. The van der Waals surface area contributed by atoms with Gasteiger partial charge in [-0.2, -0.15) is 0 Å². The number of nitrogens with zero attached hydrogens (tertiary/aromatic N) is 1. The molecule has 1 aromatic rings. The molecule has 0 spiro atoms. The van der Waals surface area contributed by atoms with Gasteiger partial charge in [0.25, 0.3) is 0 Å². The van der Waals surface area contributed by atoms with Crippen LogP contribution in [0.2, 0.25) is 0 Å². The molecule has 2 nitrogen and oxygen atoms in total. The lowest BCUT2D eigenvalue weighted by molar-refractivity contribution is 0.516. The van der Waals surface area contributed by atoms with Crippen molar-refractivity contribution >= 4 is 5.69 Å². The number of likely N-dealkylation sites (N-methyl/N-ethyl adjacent to an activating group) is 2. The van der Waals surface area contributed by atoms with Crippen molar-refractivity contribution in [2.45, 2.75) is 39.2 Å². The summed E-state index contributed by atoms with van der Waals surface area (Å²) in [4.78, 5) is 2.33. The van der Waals surface area contributed by atoms with Crippen LogP contribution in [0.3, 0.4) is 0 Å². The molecule has 2 heteroatoms. The second kappa shape index (κ2) is 7.33. The summed E-state index contributed by atoms with van der Waals surface area (Å²) < 4.78 is 0. The molecular weight excluding hydrogens is 208 g/mol. The molecule has 1 rings (SSSR count). The van der Waals surface area contributed by atoms with Crippen molar-refractivity contribution < 1.29 is 0 Å². The third-order valence-corrected chi connectivity index (χ3v) is 3.32. The smallest absolute Gasteiger partial charge is 0.0364 e. The van der Waals surface area contributed by atoms with Gasteiger partial charge < -0.3 is 10.2 Å². The van der Waals surface area contributed by atoms with Crippen molar-refractivity contribution in [3.63, 3.8) is 0 Å². The molecule has 0 aliphatic heterocycles. The standard InChI is InChI=1S/C15H26N2/c1-5-7-14(16-3)12-17(4)15-10-8-13(6-2)9-11-15/h8-11,14,16H,5-7,12H2,1-4H3. The monoisotopic (exact) mass is 234 g/mol. The lowest BCUT2D eigenvalue weighted by Gasteiger charge is -2.25. The van der Waals surface area contributed by atoms with Crippen LogP contribution in [0.1, 0.15) is 32.3 Å². The minimum Gasteiger partial charge on any atom is -0.373 e. The zero-order valence-electron chi connectivity index (χ0n) is 11.7. The summed E-state index contributed by atoms with van der Waals surface area (Å²) in [6.45, 7) is 5.49. The average Bonchev–Trinajstić information content (AvgIpc) is 2.38. The van der Waals surface area contributed by atoms with Gasteiger partial charge in [-0.3, -0.25) is 0 Å². The van der Waals surface area contributed by atoms with Gasteiger partial charge in [-0.05, 0) is 37.6 Å². The van der Waals surface area contributed by atoms with E-state index in [1.54, 1.807) is 0 Å². The molecule has 1 atom stereocenters. The van der Waals surface area contributed by atoms with Crippen LogP contribution >= 0.6 is 0 Å². The van der Waals surface area contributed by atoms with Gasteiger partial charge >= 0.3 is 0 Å². The third kappa shape index (κ3) is 4.39. The first-order valence-corrected chi connectivity index (χ1v) is 6.68. The fourth-order valence-electron chi connectivity index (χ4n) is 2.10. The molecule has 17 heavy (non-hydrogen) atoms. The van der Waals surface area contributed by atoms with E-state index in [0.717, 1.165) is 13.0 Å². The van der Waals surface area contributed by atoms with Gasteiger partial charge in [-0.25, -0.2) is 0 Å². The van der Waals surface area contributed by atoms with Crippen molar-refractivity contribution in [1.29, 1.82) is 0 Å². The van der Waals surface area contributed by atoms with Gasteiger partial charge in [0.05, 0.1) is 0 Å². The van der Waals surface area contributed by atoms with Crippen molar-refractivity contribution in [3.8, 4) is 0 Å². The van der Waals surface area contributed by atoms with Crippen LogP contribution in [0.5, 0.6) is 0 Å². The molecule has 1 N–H and O–H groups in total. The van der Waals surface area contributed by atoms with E-state index < -0.39 is 0 Å². The molecule has 0 bridgehead atoms. The Kier molecular flexibility index (Phi) is 6.06. The molecule has 0 heterocycles. The Hall–Kier alpha value is -1.02. The first-order chi connectivity index (χ1) is 8.21. The highest BCUT2D eigenvalue weighted by molar-refractivity contribution is 5.47. The predicted octanol–water partition coefficient (Wildman–Crippen LogP) is 3.07. The van der Waals surface area contributed by atoms with E-state index in [4.69, 9.17) is 0 Å². The minimum absolute atomic E-state index is 0.579. The van der Waals surface area contributed by atoms with E-state index in [1.807, 2.05) is 7.05 Å². The lowest BCUT2D eigenvalue weighted by atomic mass is 10.1. The zero-order valence-corrected chi connectivity index (χ0v) is 11.7. The number of benzene rings is 1. The maximum Gasteiger partial charge on any atom is 0.0364 e. The summed E-state index contributed by atoms with van der Waals surface area (Å²) in [6.07, 6.45) is 3.57. The van der Waals surface area contributed by atoms with Crippen LogP contribution < -0.4 is 10.2 Å². The molecule has 0 radical (unpaired) electrons. The summed E-state index contributed by atoms with van der Waals surface area (Å²) in [5.74, 6) is 0. The number of aryl methyl sites for hydroxylation is 1. The van der Waals surface area contributed by atoms with Crippen molar-refractivity contribution in [3.05, 3.63) is 29.8 Å². The van der Waals surface area contributed by atoms with Crippen LogP contribution in [0.15, 0.2) is 24.3 Å². The van der Waals surface area contributed by atoms with E-state index in [2.05, 4.69) is 55.4 Å². The molecule has 0 aliphatic rings. The molecule has 0 aromatic heterocycles. The maximum atomic E-state index is 3.38. The van der Waals surface area contributed by atoms with Gasteiger partial charge in [-0.15, -0.1) is 0 Å². The molecule has 96 valence electrons. The third-order valence-electron chi connectivity index (χ3n) is 3.32. The predicted molar refractivity (Wildman–Crippen MR) is 76.8 cm³/mol. The summed E-state index contributed by atoms with van der Waals surface area (Å²) >= 11 is 0. The van der Waals surface area contributed by atoms with Gasteiger partial charge in [0.1, 0.15) is 0 Å². The Morgan fingerprint density at radius 2 is 1.82 bits per heavy atom. The van der Waals surface area contributed by atoms with E-state index in [0.29, 0.717) is 6.04 Å². The lowest BCUT2D eigenvalue weighted by Crippen LogP contribution is -2.37. The second-order valence-corrected chi connectivity index (χ2v) is 4.67. The fourth-order valence-corrected chi connectivity index (χ4v) is 2.10. The van der Waals surface area contributed by atoms with Crippen molar-refractivity contribution in [2.75, 3.05) is 25.5 Å². The quantitative estimate of drug-likeness (QED) is 0.780. The van der Waals surface area contributed by atoms with E-state index in [1.165, 1.54) is 24.1 Å². The molecule has 0 aliphatic carbocycles. The topological polar surface area (TPSA) is 15.3 Å². The Labute approximate surface area is 106 Å². The summed E-state index contributed by atoms with van der Waals surface area (Å²) in [5.41, 5.74) is 2.71. The Balaban J connectivity index is 2.58. The molecule has 0 fully saturated rings. The minimum atomic E-state index is 0.579. The molecule has 1 aromatic carbocycles. The highest BCUT2D eigenvalue weighted by atomic mass is 15.1. The molecule has 0 amide bonds. The molecule has 0 saturated heterocycles. The summed E-state index contributed by atoms with van der Waals surface area (Å²) in [7, 11) is 4.22. The Morgan fingerprint density at radius 3 is 2.29 bits per heavy atom. The van der Waals surface area contributed by atoms with Crippen molar-refractivity contribution in [1.82, 2.24) is 5.32 Å². The number of rotatable bonds is 7.